The molecule has 0 aliphatic rings. The van der Waals surface area contributed by atoms with Gasteiger partial charge in [-0.05, 0) is 53.6 Å². The van der Waals surface area contributed by atoms with E-state index in [-0.39, 0.29) is 10.2 Å². The zero-order valence-corrected chi connectivity index (χ0v) is 22.6. The number of rotatable bonds is 22. The maximum absolute atomic E-state index is 11.8. The molecule has 0 aliphatic heterocycles. The highest BCUT2D eigenvalue weighted by Gasteiger charge is 2.21. The average molecular weight is 498 g/mol. The molecular weight excluding hydrogens is 450 g/mol. The molecule has 0 saturated heterocycles. The molecule has 1 atom stereocenters. The van der Waals surface area contributed by atoms with Gasteiger partial charge in [0.2, 0.25) is 0 Å². The number of carbonyl (C=O) groups excluding carboxylic acids is 1. The first-order valence-corrected chi connectivity index (χ1v) is 13.9. The fourth-order valence-electron chi connectivity index (χ4n) is 2.33. The molecule has 10 heteroatoms. The smallest absolute Gasteiger partial charge is 0.407 e. The van der Waals surface area contributed by atoms with Crippen LogP contribution in [0.2, 0.25) is 0 Å². The minimum atomic E-state index is -0.406. The fourth-order valence-corrected chi connectivity index (χ4v) is 4.65. The zero-order valence-electron chi connectivity index (χ0n) is 21.0. The molecule has 8 nitrogen and oxygen atoms in total. The summed E-state index contributed by atoms with van der Waals surface area (Å²) in [4.78, 5) is 11.8. The van der Waals surface area contributed by atoms with Crippen LogP contribution < -0.4 is 16.0 Å². The first kappa shape index (κ1) is 31.8. The van der Waals surface area contributed by atoms with E-state index in [2.05, 4.69) is 50.6 Å². The van der Waals surface area contributed by atoms with E-state index in [1.54, 1.807) is 21.6 Å². The van der Waals surface area contributed by atoms with Gasteiger partial charge in [0.15, 0.2) is 0 Å². The average Bonchev–Trinajstić information content (AvgIpc) is 2.73. The van der Waals surface area contributed by atoms with Crippen molar-refractivity contribution in [3.05, 3.63) is 0 Å². The summed E-state index contributed by atoms with van der Waals surface area (Å²) in [5, 5.41) is 9.13. The molecule has 0 heterocycles. The lowest BCUT2D eigenvalue weighted by atomic mass is 10.1. The van der Waals surface area contributed by atoms with Gasteiger partial charge in [-0.15, -0.1) is 0 Å². The second kappa shape index (κ2) is 21.3. The summed E-state index contributed by atoms with van der Waals surface area (Å²) < 4.78 is 22.0. The quantitative estimate of drug-likeness (QED) is 0.118. The van der Waals surface area contributed by atoms with Crippen LogP contribution in [0.25, 0.3) is 0 Å². The maximum atomic E-state index is 11.8. The SMILES string of the molecule is CNCCCCOC(C)SSC(C)(C)CCOC(=O)NCCOCCOCCNC(C)C. The minimum absolute atomic E-state index is 0.0114. The van der Waals surface area contributed by atoms with E-state index >= 15 is 0 Å². The Morgan fingerprint density at radius 1 is 0.906 bits per heavy atom. The van der Waals surface area contributed by atoms with Crippen LogP contribution in [0.15, 0.2) is 0 Å². The van der Waals surface area contributed by atoms with Crippen LogP contribution in [-0.2, 0) is 18.9 Å². The summed E-state index contributed by atoms with van der Waals surface area (Å²) in [6.45, 7) is 16.2. The monoisotopic (exact) mass is 497 g/mol. The van der Waals surface area contributed by atoms with Gasteiger partial charge in [0, 0.05) is 30.5 Å². The number of alkyl carbamates (subject to hydrolysis) is 1. The number of carbonyl (C=O) groups is 1. The second-order valence-corrected chi connectivity index (χ2v) is 11.5. The van der Waals surface area contributed by atoms with Crippen molar-refractivity contribution in [3.63, 3.8) is 0 Å². The van der Waals surface area contributed by atoms with Crippen LogP contribution in [-0.4, -0.2) is 88.6 Å². The number of ether oxygens (including phenoxy) is 4. The lowest BCUT2D eigenvalue weighted by Gasteiger charge is -2.24. The fraction of sp³-hybridized carbons (Fsp3) is 0.955. The molecule has 0 bridgehead atoms. The highest BCUT2D eigenvalue weighted by molar-refractivity contribution is 8.77. The van der Waals surface area contributed by atoms with Gasteiger partial charge in [0.1, 0.15) is 5.44 Å². The Morgan fingerprint density at radius 2 is 1.59 bits per heavy atom. The number of hydrogen-bond donors (Lipinski definition) is 3. The van der Waals surface area contributed by atoms with E-state index < -0.39 is 6.09 Å². The summed E-state index contributed by atoms with van der Waals surface area (Å²) in [6.07, 6.45) is 2.56. The molecule has 0 saturated carbocycles. The van der Waals surface area contributed by atoms with Crippen LogP contribution in [0.1, 0.15) is 53.9 Å². The number of unbranched alkanes of at least 4 members (excludes halogenated alkanes) is 1. The maximum Gasteiger partial charge on any atom is 0.407 e. The number of nitrogens with one attached hydrogen (secondary N) is 3. The molecule has 0 aromatic heterocycles. The van der Waals surface area contributed by atoms with Gasteiger partial charge in [-0.25, -0.2) is 4.79 Å². The molecule has 0 aliphatic carbocycles. The third kappa shape index (κ3) is 22.9. The van der Waals surface area contributed by atoms with Crippen LogP contribution >= 0.6 is 21.6 Å². The number of amides is 1. The highest BCUT2D eigenvalue weighted by Crippen LogP contribution is 2.40. The van der Waals surface area contributed by atoms with E-state index in [1.165, 1.54) is 0 Å². The number of hydrogen-bond acceptors (Lipinski definition) is 9. The lowest BCUT2D eigenvalue weighted by molar-refractivity contribution is 0.0489. The highest BCUT2D eigenvalue weighted by atomic mass is 33.1. The molecule has 32 heavy (non-hydrogen) atoms. The Balaban J connectivity index is 3.58. The topological polar surface area (TPSA) is 90.1 Å². The van der Waals surface area contributed by atoms with E-state index in [0.717, 1.165) is 39.0 Å². The van der Waals surface area contributed by atoms with Crippen molar-refractivity contribution >= 4 is 27.7 Å². The molecule has 3 N–H and O–H groups in total. The molecule has 1 unspecified atom stereocenters. The molecule has 0 spiro atoms. The molecule has 0 rings (SSSR count). The Labute approximate surface area is 203 Å². The lowest BCUT2D eigenvalue weighted by Crippen LogP contribution is -2.30. The van der Waals surface area contributed by atoms with Crippen LogP contribution in [0.5, 0.6) is 0 Å². The van der Waals surface area contributed by atoms with E-state index in [9.17, 15) is 4.79 Å². The summed E-state index contributed by atoms with van der Waals surface area (Å²) in [7, 11) is 5.47. The molecule has 0 aromatic carbocycles. The first-order valence-electron chi connectivity index (χ1n) is 11.7. The molecule has 0 fully saturated rings. The van der Waals surface area contributed by atoms with Crippen molar-refractivity contribution in [2.45, 2.75) is 70.1 Å². The predicted octanol–water partition coefficient (Wildman–Crippen LogP) is 3.66. The Bertz CT molecular complexity index is 446. The van der Waals surface area contributed by atoms with Gasteiger partial charge >= 0.3 is 6.09 Å². The normalized spacial score (nSPS) is 12.8. The first-order chi connectivity index (χ1) is 15.3. The third-order valence-electron chi connectivity index (χ3n) is 4.21. The standard InChI is InChI=1S/C22H47N3O5S2/c1-19(2)24-11-15-27-17-18-28-16-12-25-21(26)30-14-9-22(4,5)32-31-20(3)29-13-8-7-10-23-6/h19-20,23-24H,7-18H2,1-6H3,(H,25,26). The van der Waals surface area contributed by atoms with Crippen molar-refractivity contribution in [1.29, 1.82) is 0 Å². The largest absolute Gasteiger partial charge is 0.450 e. The van der Waals surface area contributed by atoms with Crippen LogP contribution in [0.3, 0.4) is 0 Å². The van der Waals surface area contributed by atoms with Gasteiger partial charge in [-0.2, -0.15) is 0 Å². The summed E-state index contributed by atoms with van der Waals surface area (Å²) in [5.74, 6) is 0. The summed E-state index contributed by atoms with van der Waals surface area (Å²) in [5.41, 5.74) is 0.139. The Kier molecular flexibility index (Phi) is 21.2. The van der Waals surface area contributed by atoms with E-state index in [4.69, 9.17) is 18.9 Å². The minimum Gasteiger partial charge on any atom is -0.450 e. The van der Waals surface area contributed by atoms with Crippen LogP contribution in [0.4, 0.5) is 4.79 Å². The Hall–Kier alpha value is -0.230. The predicted molar refractivity (Wildman–Crippen MR) is 137 cm³/mol. The second-order valence-electron chi connectivity index (χ2n) is 8.33. The zero-order chi connectivity index (χ0) is 24.1. The molecule has 192 valence electrons. The van der Waals surface area contributed by atoms with Crippen LogP contribution in [0, 0.1) is 0 Å². The van der Waals surface area contributed by atoms with Crippen molar-refractivity contribution in [2.24, 2.45) is 0 Å². The third-order valence-corrected chi connectivity index (χ3v) is 7.82. The van der Waals surface area contributed by atoms with Crippen molar-refractivity contribution in [3.8, 4) is 0 Å². The molecule has 1 amide bonds. The van der Waals surface area contributed by atoms with Crippen molar-refractivity contribution in [1.82, 2.24) is 16.0 Å². The molecule has 0 aromatic rings. The van der Waals surface area contributed by atoms with Gasteiger partial charge in [0.05, 0.1) is 33.0 Å². The van der Waals surface area contributed by atoms with Crippen molar-refractivity contribution < 1.29 is 23.7 Å². The Morgan fingerprint density at radius 3 is 2.25 bits per heavy atom. The van der Waals surface area contributed by atoms with Gasteiger partial charge < -0.3 is 34.9 Å². The van der Waals surface area contributed by atoms with E-state index in [0.29, 0.717) is 45.6 Å². The van der Waals surface area contributed by atoms with Crippen molar-refractivity contribution in [2.75, 3.05) is 66.3 Å². The van der Waals surface area contributed by atoms with Gasteiger partial charge in [-0.1, -0.05) is 35.4 Å². The van der Waals surface area contributed by atoms with Gasteiger partial charge in [-0.3, -0.25) is 0 Å². The van der Waals surface area contributed by atoms with Gasteiger partial charge in [0.25, 0.3) is 0 Å². The molecular formula is C22H47N3O5S2. The summed E-state index contributed by atoms with van der Waals surface area (Å²) in [6, 6.07) is 0.468. The summed E-state index contributed by atoms with van der Waals surface area (Å²) >= 11 is 0. The molecule has 0 radical (unpaired) electrons. The van der Waals surface area contributed by atoms with E-state index in [1.807, 2.05) is 7.05 Å².